The molecular formula is C12H13ClINO4. The Balaban J connectivity index is 2.28. The molecule has 0 radical (unpaired) electrons. The maximum absolute atomic E-state index is 11.5. The molecule has 1 unspecified atom stereocenters. The zero-order valence-corrected chi connectivity index (χ0v) is 13.1. The summed E-state index contributed by atoms with van der Waals surface area (Å²) in [6.07, 6.45) is 0. The lowest BCUT2D eigenvalue weighted by atomic mass is 10.3. The van der Waals surface area contributed by atoms with E-state index in [2.05, 4.69) is 10.1 Å². The van der Waals surface area contributed by atoms with Crippen LogP contribution in [0.4, 0.5) is 0 Å². The number of esters is 1. The van der Waals surface area contributed by atoms with E-state index in [1.54, 1.807) is 24.3 Å². The van der Waals surface area contributed by atoms with Gasteiger partial charge in [0.05, 0.1) is 7.11 Å². The van der Waals surface area contributed by atoms with Crippen LogP contribution in [0.25, 0.3) is 0 Å². The summed E-state index contributed by atoms with van der Waals surface area (Å²) in [7, 11) is 1.31. The van der Waals surface area contributed by atoms with Gasteiger partial charge in [-0.1, -0.05) is 34.2 Å². The number of nitrogens with one attached hydrogen (secondary N) is 1. The molecule has 0 heterocycles. The van der Waals surface area contributed by atoms with Crippen LogP contribution in [0.15, 0.2) is 24.3 Å². The molecule has 0 saturated heterocycles. The van der Waals surface area contributed by atoms with Gasteiger partial charge in [-0.3, -0.25) is 9.59 Å². The van der Waals surface area contributed by atoms with E-state index in [9.17, 15) is 9.59 Å². The molecule has 1 atom stereocenters. The largest absolute Gasteiger partial charge is 0.484 e. The minimum atomic E-state index is -0.415. The fourth-order valence-electron chi connectivity index (χ4n) is 1.15. The first kappa shape index (κ1) is 16.0. The molecule has 0 fully saturated rings. The Morgan fingerprint density at radius 2 is 2.00 bits per heavy atom. The molecule has 7 heteroatoms. The summed E-state index contributed by atoms with van der Waals surface area (Å²) >= 11 is 7.62. The molecule has 1 amide bonds. The number of carbonyl (C=O) groups is 2. The second-order valence-corrected chi connectivity index (χ2v) is 5.48. The van der Waals surface area contributed by atoms with Gasteiger partial charge in [-0.05, 0) is 24.3 Å². The molecule has 1 aromatic rings. The summed E-state index contributed by atoms with van der Waals surface area (Å²) in [4.78, 5) is 22.6. The van der Waals surface area contributed by atoms with Gasteiger partial charge in [-0.25, -0.2) is 0 Å². The number of rotatable bonds is 6. The summed E-state index contributed by atoms with van der Waals surface area (Å²) in [6.45, 7) is 0.0855. The molecule has 0 aliphatic heterocycles. The van der Waals surface area contributed by atoms with Gasteiger partial charge in [-0.2, -0.15) is 0 Å². The molecule has 1 aromatic carbocycles. The molecule has 0 aliphatic carbocycles. The van der Waals surface area contributed by atoms with Crippen LogP contribution in [0.1, 0.15) is 0 Å². The first-order valence-electron chi connectivity index (χ1n) is 5.40. The van der Waals surface area contributed by atoms with E-state index < -0.39 is 3.92 Å². The standard InChI is InChI=1S/C12H13ClINO4/c1-18-12(17)10(14)6-15-11(16)7-19-9-4-2-8(13)3-5-9/h2-5,10H,6-7H2,1H3,(H,15,16). The number of methoxy groups -OCH3 is 1. The highest BCUT2D eigenvalue weighted by molar-refractivity contribution is 14.1. The van der Waals surface area contributed by atoms with E-state index in [0.717, 1.165) is 0 Å². The van der Waals surface area contributed by atoms with E-state index in [4.69, 9.17) is 16.3 Å². The quantitative estimate of drug-likeness (QED) is 0.452. The van der Waals surface area contributed by atoms with E-state index in [1.807, 2.05) is 22.6 Å². The van der Waals surface area contributed by atoms with Gasteiger partial charge in [0.25, 0.3) is 5.91 Å². The molecule has 0 aliphatic rings. The lowest BCUT2D eigenvalue weighted by molar-refractivity contribution is -0.139. The number of amides is 1. The van der Waals surface area contributed by atoms with Crippen molar-refractivity contribution in [1.82, 2.24) is 5.32 Å². The predicted molar refractivity (Wildman–Crippen MR) is 79.8 cm³/mol. The van der Waals surface area contributed by atoms with Gasteiger partial charge in [0, 0.05) is 11.6 Å². The van der Waals surface area contributed by atoms with Gasteiger partial charge in [0.1, 0.15) is 9.67 Å². The molecule has 0 spiro atoms. The van der Waals surface area contributed by atoms with Crippen LogP contribution in [-0.4, -0.2) is 36.1 Å². The Morgan fingerprint density at radius 3 is 2.58 bits per heavy atom. The van der Waals surface area contributed by atoms with E-state index in [-0.39, 0.29) is 25.0 Å². The number of hydrogen-bond donors (Lipinski definition) is 1. The highest BCUT2D eigenvalue weighted by atomic mass is 127. The van der Waals surface area contributed by atoms with Crippen LogP contribution in [0.3, 0.4) is 0 Å². The normalized spacial score (nSPS) is 11.5. The van der Waals surface area contributed by atoms with Crippen LogP contribution in [-0.2, 0) is 14.3 Å². The molecule has 0 aromatic heterocycles. The first-order chi connectivity index (χ1) is 9.02. The summed E-state index contributed by atoms with van der Waals surface area (Å²) in [5.41, 5.74) is 0. The van der Waals surface area contributed by atoms with Crippen molar-refractivity contribution in [3.8, 4) is 5.75 Å². The lowest BCUT2D eigenvalue weighted by Gasteiger charge is -2.10. The minimum absolute atomic E-state index is 0.119. The van der Waals surface area contributed by atoms with Crippen molar-refractivity contribution in [1.29, 1.82) is 0 Å². The second kappa shape index (κ2) is 8.21. The van der Waals surface area contributed by atoms with Crippen molar-refractivity contribution in [2.75, 3.05) is 20.3 Å². The summed E-state index contributed by atoms with van der Waals surface area (Å²) in [5.74, 6) is -0.126. The smallest absolute Gasteiger partial charge is 0.320 e. The van der Waals surface area contributed by atoms with Crippen LogP contribution in [0, 0.1) is 0 Å². The molecular weight excluding hydrogens is 384 g/mol. The molecule has 104 valence electrons. The Labute approximate surface area is 129 Å². The van der Waals surface area contributed by atoms with Crippen molar-refractivity contribution >= 4 is 46.1 Å². The highest BCUT2D eigenvalue weighted by Crippen LogP contribution is 2.15. The first-order valence-corrected chi connectivity index (χ1v) is 7.02. The molecule has 1 rings (SSSR count). The number of hydrogen-bond acceptors (Lipinski definition) is 4. The second-order valence-electron chi connectivity index (χ2n) is 3.54. The Hall–Kier alpha value is -1.02. The monoisotopic (exact) mass is 397 g/mol. The fourth-order valence-corrected chi connectivity index (χ4v) is 1.75. The molecule has 1 N–H and O–H groups in total. The Bertz CT molecular complexity index is 438. The fraction of sp³-hybridized carbons (Fsp3) is 0.333. The van der Waals surface area contributed by atoms with Crippen LogP contribution in [0.2, 0.25) is 5.02 Å². The summed E-state index contributed by atoms with van der Waals surface area (Å²) in [6, 6.07) is 6.69. The van der Waals surface area contributed by atoms with Crippen LogP contribution in [0.5, 0.6) is 5.75 Å². The number of halogens is 2. The number of benzene rings is 1. The topological polar surface area (TPSA) is 64.6 Å². The van der Waals surface area contributed by atoms with Crippen molar-refractivity contribution < 1.29 is 19.1 Å². The van der Waals surface area contributed by atoms with Gasteiger partial charge in [0.2, 0.25) is 0 Å². The summed E-state index contributed by atoms with van der Waals surface area (Å²) < 4.78 is 9.38. The average molecular weight is 398 g/mol. The SMILES string of the molecule is COC(=O)C(I)CNC(=O)COc1ccc(Cl)cc1. The average Bonchev–Trinajstić information content (AvgIpc) is 2.43. The maximum atomic E-state index is 11.5. The van der Waals surface area contributed by atoms with Crippen molar-refractivity contribution in [3.63, 3.8) is 0 Å². The third-order valence-corrected chi connectivity index (χ3v) is 3.32. The minimum Gasteiger partial charge on any atom is -0.484 e. The molecule has 19 heavy (non-hydrogen) atoms. The number of carbonyl (C=O) groups excluding carboxylic acids is 2. The number of alkyl halides is 1. The number of ether oxygens (including phenoxy) is 2. The Kier molecular flexibility index (Phi) is 6.93. The predicted octanol–water partition coefficient (Wildman–Crippen LogP) is 1.81. The van der Waals surface area contributed by atoms with Crippen molar-refractivity contribution in [2.24, 2.45) is 0 Å². The van der Waals surface area contributed by atoms with E-state index in [1.165, 1.54) is 7.11 Å². The summed E-state index contributed by atoms with van der Waals surface area (Å²) in [5, 5.41) is 3.18. The van der Waals surface area contributed by atoms with Crippen molar-refractivity contribution in [2.45, 2.75) is 3.92 Å². The van der Waals surface area contributed by atoms with Gasteiger partial charge >= 0.3 is 5.97 Å². The van der Waals surface area contributed by atoms with Gasteiger partial charge in [0.15, 0.2) is 6.61 Å². The molecule has 0 bridgehead atoms. The Morgan fingerprint density at radius 1 is 1.37 bits per heavy atom. The molecule has 5 nitrogen and oxygen atoms in total. The zero-order chi connectivity index (χ0) is 14.3. The van der Waals surface area contributed by atoms with Gasteiger partial charge < -0.3 is 14.8 Å². The molecule has 0 saturated carbocycles. The zero-order valence-electron chi connectivity index (χ0n) is 10.2. The van der Waals surface area contributed by atoms with Crippen LogP contribution < -0.4 is 10.1 Å². The van der Waals surface area contributed by atoms with E-state index in [0.29, 0.717) is 10.8 Å². The third-order valence-electron chi connectivity index (χ3n) is 2.12. The van der Waals surface area contributed by atoms with Crippen molar-refractivity contribution in [3.05, 3.63) is 29.3 Å². The third kappa shape index (κ3) is 6.11. The lowest BCUT2D eigenvalue weighted by Crippen LogP contribution is -2.36. The van der Waals surface area contributed by atoms with Gasteiger partial charge in [-0.15, -0.1) is 0 Å². The highest BCUT2D eigenvalue weighted by Gasteiger charge is 2.15. The van der Waals surface area contributed by atoms with Crippen LogP contribution >= 0.6 is 34.2 Å². The van der Waals surface area contributed by atoms with E-state index >= 15 is 0 Å². The maximum Gasteiger partial charge on any atom is 0.320 e.